The molecular formula is C22H23IN2O3S. The van der Waals surface area contributed by atoms with E-state index in [-0.39, 0.29) is 5.91 Å². The van der Waals surface area contributed by atoms with E-state index in [4.69, 9.17) is 9.47 Å². The molecular weight excluding hydrogens is 499 g/mol. The van der Waals surface area contributed by atoms with Gasteiger partial charge in [0.1, 0.15) is 0 Å². The standard InChI is InChI=1S/C22H23IN2O3S/c1-4-14-7-9-16(10-8-14)24-22-25-21(26)19(29-22)13-15-11-17(23)20(28-6-3)18(12-15)27-5-2/h7-13H,4-6H2,1-3H3,(H,24,25,26)/b19-13+. The van der Waals surface area contributed by atoms with Gasteiger partial charge in [0.25, 0.3) is 5.91 Å². The lowest BCUT2D eigenvalue weighted by Gasteiger charge is -2.13. The van der Waals surface area contributed by atoms with Crippen molar-refractivity contribution in [1.82, 2.24) is 5.32 Å². The van der Waals surface area contributed by atoms with Crippen LogP contribution >= 0.6 is 34.4 Å². The van der Waals surface area contributed by atoms with E-state index in [0.717, 1.165) is 27.0 Å². The maximum Gasteiger partial charge on any atom is 0.264 e. The van der Waals surface area contributed by atoms with Crippen molar-refractivity contribution >= 4 is 57.2 Å². The Hall–Kier alpha value is -2.00. The highest BCUT2D eigenvalue weighted by Crippen LogP contribution is 2.36. The van der Waals surface area contributed by atoms with Crippen LogP contribution in [0.1, 0.15) is 31.9 Å². The number of nitrogens with zero attached hydrogens (tertiary/aromatic N) is 1. The third kappa shape index (κ3) is 5.54. The fourth-order valence-corrected chi connectivity index (χ4v) is 4.40. The molecule has 5 nitrogen and oxygen atoms in total. The zero-order valence-electron chi connectivity index (χ0n) is 16.6. The average molecular weight is 522 g/mol. The van der Waals surface area contributed by atoms with Gasteiger partial charge in [0.2, 0.25) is 0 Å². The minimum absolute atomic E-state index is 0.152. The van der Waals surface area contributed by atoms with Crippen molar-refractivity contribution in [3.8, 4) is 11.5 Å². The van der Waals surface area contributed by atoms with E-state index in [1.165, 1.54) is 17.3 Å². The van der Waals surface area contributed by atoms with Gasteiger partial charge in [0.05, 0.1) is 27.4 Å². The molecule has 2 aromatic rings. The number of carbonyl (C=O) groups excluding carboxylic acids is 1. The minimum Gasteiger partial charge on any atom is -0.490 e. The Morgan fingerprint density at radius 2 is 1.83 bits per heavy atom. The summed E-state index contributed by atoms with van der Waals surface area (Å²) in [5, 5.41) is 3.42. The number of ether oxygens (including phenoxy) is 2. The van der Waals surface area contributed by atoms with Crippen molar-refractivity contribution in [3.63, 3.8) is 0 Å². The average Bonchev–Trinajstić information content (AvgIpc) is 3.04. The molecule has 1 fully saturated rings. The molecule has 3 rings (SSSR count). The number of thioether (sulfide) groups is 1. The van der Waals surface area contributed by atoms with E-state index in [1.807, 2.05) is 44.2 Å². The fourth-order valence-electron chi connectivity index (χ4n) is 2.77. The summed E-state index contributed by atoms with van der Waals surface area (Å²) in [6.07, 6.45) is 2.84. The number of nitrogens with one attached hydrogen (secondary N) is 1. The number of aliphatic imine (C=N–C) groups is 1. The van der Waals surface area contributed by atoms with Crippen molar-refractivity contribution in [2.45, 2.75) is 27.2 Å². The molecule has 1 amide bonds. The molecule has 7 heteroatoms. The highest BCUT2D eigenvalue weighted by Gasteiger charge is 2.24. The van der Waals surface area contributed by atoms with Crippen LogP contribution in [-0.2, 0) is 11.2 Å². The smallest absolute Gasteiger partial charge is 0.264 e. The second-order valence-corrected chi connectivity index (χ2v) is 8.39. The maximum absolute atomic E-state index is 12.4. The monoisotopic (exact) mass is 522 g/mol. The topological polar surface area (TPSA) is 59.9 Å². The van der Waals surface area contributed by atoms with Crippen LogP contribution in [0.3, 0.4) is 0 Å². The summed E-state index contributed by atoms with van der Waals surface area (Å²) in [6, 6.07) is 11.9. The van der Waals surface area contributed by atoms with E-state index in [9.17, 15) is 4.79 Å². The maximum atomic E-state index is 12.4. The van der Waals surface area contributed by atoms with Gasteiger partial charge < -0.3 is 14.8 Å². The lowest BCUT2D eigenvalue weighted by molar-refractivity contribution is -0.115. The summed E-state index contributed by atoms with van der Waals surface area (Å²) in [7, 11) is 0. The van der Waals surface area contributed by atoms with Crippen molar-refractivity contribution in [3.05, 3.63) is 56.0 Å². The third-order valence-corrected chi connectivity index (χ3v) is 5.86. The van der Waals surface area contributed by atoms with Crippen LogP contribution in [0, 0.1) is 3.57 Å². The molecule has 0 atom stereocenters. The number of hydrogen-bond acceptors (Lipinski definition) is 5. The molecule has 0 aromatic heterocycles. The predicted octanol–water partition coefficient (Wildman–Crippen LogP) is 5.54. The summed E-state index contributed by atoms with van der Waals surface area (Å²) >= 11 is 3.56. The van der Waals surface area contributed by atoms with Crippen molar-refractivity contribution < 1.29 is 14.3 Å². The first-order valence-corrected chi connectivity index (χ1v) is 11.4. The molecule has 2 aromatic carbocycles. The number of rotatable bonds is 7. The van der Waals surface area contributed by atoms with Gasteiger partial charge in [-0.3, -0.25) is 4.79 Å². The lowest BCUT2D eigenvalue weighted by Crippen LogP contribution is -2.19. The van der Waals surface area contributed by atoms with E-state index >= 15 is 0 Å². The second-order valence-electron chi connectivity index (χ2n) is 6.20. The molecule has 1 heterocycles. The van der Waals surface area contributed by atoms with Crippen LogP contribution in [0.5, 0.6) is 11.5 Å². The van der Waals surface area contributed by atoms with Gasteiger partial charge in [-0.1, -0.05) is 19.1 Å². The molecule has 1 saturated heterocycles. The first-order chi connectivity index (χ1) is 14.0. The summed E-state index contributed by atoms with van der Waals surface area (Å²) in [5.74, 6) is 1.26. The molecule has 0 aliphatic carbocycles. The number of halogens is 1. The number of benzene rings is 2. The number of amides is 1. The number of amidine groups is 1. The van der Waals surface area contributed by atoms with Crippen LogP contribution < -0.4 is 14.8 Å². The van der Waals surface area contributed by atoms with Crippen molar-refractivity contribution in [2.75, 3.05) is 13.2 Å². The third-order valence-electron chi connectivity index (χ3n) is 4.14. The SMILES string of the molecule is CCOc1cc(/C=C2/SC(=Nc3ccc(CC)cc3)NC2=O)cc(I)c1OCC. The van der Waals surface area contributed by atoms with Crippen molar-refractivity contribution in [2.24, 2.45) is 4.99 Å². The second kappa shape index (κ2) is 10.2. The van der Waals surface area contributed by atoms with Gasteiger partial charge >= 0.3 is 0 Å². The zero-order chi connectivity index (χ0) is 20.8. The Labute approximate surface area is 189 Å². The summed E-state index contributed by atoms with van der Waals surface area (Å²) < 4.78 is 12.4. The van der Waals surface area contributed by atoms with Crippen LogP contribution in [0.4, 0.5) is 5.69 Å². The Morgan fingerprint density at radius 3 is 2.48 bits per heavy atom. The highest BCUT2D eigenvalue weighted by atomic mass is 127. The first kappa shape index (κ1) is 21.7. The Kier molecular flexibility index (Phi) is 7.60. The van der Waals surface area contributed by atoms with Gasteiger partial charge in [-0.05, 0) is 96.1 Å². The molecule has 0 saturated carbocycles. The van der Waals surface area contributed by atoms with E-state index < -0.39 is 0 Å². The van der Waals surface area contributed by atoms with Gasteiger partial charge in [-0.25, -0.2) is 4.99 Å². The van der Waals surface area contributed by atoms with Crippen LogP contribution in [0.2, 0.25) is 0 Å². The predicted molar refractivity (Wildman–Crippen MR) is 128 cm³/mol. The van der Waals surface area contributed by atoms with Crippen LogP contribution in [0.25, 0.3) is 6.08 Å². The van der Waals surface area contributed by atoms with E-state index in [1.54, 1.807) is 0 Å². The van der Waals surface area contributed by atoms with Crippen molar-refractivity contribution in [1.29, 1.82) is 0 Å². The molecule has 0 bridgehead atoms. The number of hydrogen-bond donors (Lipinski definition) is 1. The molecule has 0 unspecified atom stereocenters. The molecule has 0 spiro atoms. The van der Waals surface area contributed by atoms with Gasteiger partial charge in [0, 0.05) is 0 Å². The molecule has 29 heavy (non-hydrogen) atoms. The molecule has 1 aliphatic heterocycles. The number of aryl methyl sites for hydroxylation is 1. The quantitative estimate of drug-likeness (QED) is 0.383. The van der Waals surface area contributed by atoms with E-state index in [2.05, 4.69) is 52.0 Å². The largest absolute Gasteiger partial charge is 0.490 e. The Balaban J connectivity index is 1.84. The van der Waals surface area contributed by atoms with Gasteiger partial charge in [-0.15, -0.1) is 0 Å². The molecule has 1 aliphatic rings. The van der Waals surface area contributed by atoms with Crippen LogP contribution in [0.15, 0.2) is 46.3 Å². The van der Waals surface area contributed by atoms with Gasteiger partial charge in [0.15, 0.2) is 16.7 Å². The Morgan fingerprint density at radius 1 is 1.10 bits per heavy atom. The summed E-state index contributed by atoms with van der Waals surface area (Å²) in [6.45, 7) is 7.10. The highest BCUT2D eigenvalue weighted by molar-refractivity contribution is 14.1. The molecule has 0 radical (unpaired) electrons. The minimum atomic E-state index is -0.152. The normalized spacial score (nSPS) is 16.3. The lowest BCUT2D eigenvalue weighted by atomic mass is 10.2. The Bertz CT molecular complexity index is 955. The first-order valence-electron chi connectivity index (χ1n) is 9.51. The zero-order valence-corrected chi connectivity index (χ0v) is 19.6. The summed E-state index contributed by atoms with van der Waals surface area (Å²) in [5.41, 5.74) is 2.96. The van der Waals surface area contributed by atoms with Gasteiger partial charge in [-0.2, -0.15) is 0 Å². The molecule has 152 valence electrons. The summed E-state index contributed by atoms with van der Waals surface area (Å²) in [4.78, 5) is 17.5. The molecule has 1 N–H and O–H groups in total. The fraction of sp³-hybridized carbons (Fsp3) is 0.273. The van der Waals surface area contributed by atoms with E-state index in [0.29, 0.717) is 29.0 Å². The van der Waals surface area contributed by atoms with Crippen LogP contribution in [-0.4, -0.2) is 24.3 Å². The number of carbonyl (C=O) groups is 1.